The van der Waals surface area contributed by atoms with E-state index in [0.717, 1.165) is 5.56 Å². The number of hydrogen-bond acceptors (Lipinski definition) is 4. The van der Waals surface area contributed by atoms with E-state index < -0.39 is 21.7 Å². The first-order chi connectivity index (χ1) is 12.2. The van der Waals surface area contributed by atoms with Crippen molar-refractivity contribution in [3.63, 3.8) is 0 Å². The SMILES string of the molecule is CC(C)Oc1ccc(NS(=O)(=O)CC(=O)NCc2ccc(Cl)cc2)cc1. The number of anilines is 1. The van der Waals surface area contributed by atoms with Crippen molar-refractivity contribution in [3.05, 3.63) is 59.1 Å². The average Bonchev–Trinajstić information content (AvgIpc) is 2.55. The molecular weight excluding hydrogens is 376 g/mol. The number of carbonyl (C=O) groups is 1. The van der Waals surface area contributed by atoms with Crippen molar-refractivity contribution >= 4 is 33.2 Å². The smallest absolute Gasteiger partial charge is 0.241 e. The molecule has 8 heteroatoms. The lowest BCUT2D eigenvalue weighted by Gasteiger charge is -2.11. The van der Waals surface area contributed by atoms with Gasteiger partial charge in [0.25, 0.3) is 0 Å². The Morgan fingerprint density at radius 1 is 1.08 bits per heavy atom. The molecule has 0 aliphatic heterocycles. The third-order valence-corrected chi connectivity index (χ3v) is 4.66. The molecule has 6 nitrogen and oxygen atoms in total. The maximum absolute atomic E-state index is 12.1. The minimum Gasteiger partial charge on any atom is -0.491 e. The number of rotatable bonds is 8. The number of nitrogens with one attached hydrogen (secondary N) is 2. The second kappa shape index (κ2) is 8.91. The summed E-state index contributed by atoms with van der Waals surface area (Å²) in [6, 6.07) is 13.4. The molecule has 0 heterocycles. The number of halogens is 1. The Balaban J connectivity index is 1.87. The van der Waals surface area contributed by atoms with Crippen molar-refractivity contribution in [2.75, 3.05) is 10.5 Å². The number of sulfonamides is 1. The third kappa shape index (κ3) is 6.93. The fraction of sp³-hybridized carbons (Fsp3) is 0.278. The van der Waals surface area contributed by atoms with Crippen LogP contribution in [-0.4, -0.2) is 26.2 Å². The molecule has 0 fully saturated rings. The molecule has 0 unspecified atom stereocenters. The van der Waals surface area contributed by atoms with E-state index in [-0.39, 0.29) is 12.6 Å². The lowest BCUT2D eigenvalue weighted by atomic mass is 10.2. The van der Waals surface area contributed by atoms with Crippen LogP contribution in [0.2, 0.25) is 5.02 Å². The van der Waals surface area contributed by atoms with Gasteiger partial charge in [-0.2, -0.15) is 0 Å². The van der Waals surface area contributed by atoms with E-state index in [0.29, 0.717) is 16.5 Å². The van der Waals surface area contributed by atoms with Gasteiger partial charge in [0, 0.05) is 17.3 Å². The van der Waals surface area contributed by atoms with E-state index >= 15 is 0 Å². The topological polar surface area (TPSA) is 84.5 Å². The first-order valence-electron chi connectivity index (χ1n) is 8.02. The normalized spacial score (nSPS) is 11.2. The van der Waals surface area contributed by atoms with Crippen molar-refractivity contribution < 1.29 is 17.9 Å². The summed E-state index contributed by atoms with van der Waals surface area (Å²) in [5.74, 6) is -0.610. The van der Waals surface area contributed by atoms with Crippen LogP contribution in [0, 0.1) is 0 Å². The van der Waals surface area contributed by atoms with Crippen LogP contribution in [0.4, 0.5) is 5.69 Å². The van der Waals surface area contributed by atoms with Gasteiger partial charge in [0.1, 0.15) is 11.5 Å². The highest BCUT2D eigenvalue weighted by Crippen LogP contribution is 2.18. The second-order valence-corrected chi connectivity index (χ2v) is 8.11. The second-order valence-electron chi connectivity index (χ2n) is 5.96. The fourth-order valence-corrected chi connectivity index (χ4v) is 3.26. The van der Waals surface area contributed by atoms with Gasteiger partial charge in [-0.1, -0.05) is 23.7 Å². The summed E-state index contributed by atoms with van der Waals surface area (Å²) in [5.41, 5.74) is 1.19. The summed E-state index contributed by atoms with van der Waals surface area (Å²) in [6.07, 6.45) is 0.0295. The van der Waals surface area contributed by atoms with Gasteiger partial charge in [-0.3, -0.25) is 9.52 Å². The van der Waals surface area contributed by atoms with Crippen LogP contribution in [0.5, 0.6) is 5.75 Å². The zero-order chi connectivity index (χ0) is 19.2. The van der Waals surface area contributed by atoms with Crippen molar-refractivity contribution in [2.24, 2.45) is 0 Å². The van der Waals surface area contributed by atoms with E-state index in [9.17, 15) is 13.2 Å². The summed E-state index contributed by atoms with van der Waals surface area (Å²) in [6.45, 7) is 4.03. The average molecular weight is 397 g/mol. The molecule has 26 heavy (non-hydrogen) atoms. The van der Waals surface area contributed by atoms with Gasteiger partial charge < -0.3 is 10.1 Å². The molecule has 1 amide bonds. The third-order valence-electron chi connectivity index (χ3n) is 3.22. The van der Waals surface area contributed by atoms with E-state index in [1.807, 2.05) is 13.8 Å². The highest BCUT2D eigenvalue weighted by Gasteiger charge is 2.16. The van der Waals surface area contributed by atoms with Crippen LogP contribution in [-0.2, 0) is 21.4 Å². The summed E-state index contributed by atoms with van der Waals surface area (Å²) >= 11 is 5.79. The Kier molecular flexibility index (Phi) is 6.88. The minimum atomic E-state index is -3.80. The lowest BCUT2D eigenvalue weighted by Crippen LogP contribution is -2.32. The molecule has 0 spiro atoms. The van der Waals surface area contributed by atoms with Crippen molar-refractivity contribution in [2.45, 2.75) is 26.5 Å². The Morgan fingerprint density at radius 2 is 1.69 bits per heavy atom. The molecule has 0 bridgehead atoms. The van der Waals surface area contributed by atoms with Gasteiger partial charge in [0.15, 0.2) is 0 Å². The molecule has 0 radical (unpaired) electrons. The monoisotopic (exact) mass is 396 g/mol. The Labute approximate surface area is 158 Å². The summed E-state index contributed by atoms with van der Waals surface area (Å²) < 4.78 is 32.1. The lowest BCUT2D eigenvalue weighted by molar-refractivity contribution is -0.118. The van der Waals surface area contributed by atoms with Gasteiger partial charge in [0.05, 0.1) is 6.10 Å². The molecule has 2 rings (SSSR count). The molecule has 2 aromatic rings. The highest BCUT2D eigenvalue weighted by atomic mass is 35.5. The molecule has 2 aromatic carbocycles. The largest absolute Gasteiger partial charge is 0.491 e. The first-order valence-corrected chi connectivity index (χ1v) is 10.0. The zero-order valence-corrected chi connectivity index (χ0v) is 16.1. The molecule has 0 aromatic heterocycles. The Morgan fingerprint density at radius 3 is 2.27 bits per heavy atom. The van der Waals surface area contributed by atoms with Crippen LogP contribution in [0.1, 0.15) is 19.4 Å². The molecule has 0 saturated heterocycles. The van der Waals surface area contributed by atoms with E-state index in [1.165, 1.54) is 0 Å². The highest BCUT2D eigenvalue weighted by molar-refractivity contribution is 7.93. The van der Waals surface area contributed by atoms with Crippen molar-refractivity contribution in [1.82, 2.24) is 5.32 Å². The van der Waals surface area contributed by atoms with Gasteiger partial charge in [-0.05, 0) is 55.8 Å². The molecule has 140 valence electrons. The molecular formula is C18H21ClN2O4S. The van der Waals surface area contributed by atoms with Gasteiger partial charge in [-0.15, -0.1) is 0 Å². The molecule has 0 aliphatic carbocycles. The van der Waals surface area contributed by atoms with E-state index in [1.54, 1.807) is 48.5 Å². The van der Waals surface area contributed by atoms with Crippen molar-refractivity contribution in [1.29, 1.82) is 0 Å². The molecule has 0 saturated carbocycles. The van der Waals surface area contributed by atoms with Crippen LogP contribution < -0.4 is 14.8 Å². The Hall–Kier alpha value is -2.25. The maximum Gasteiger partial charge on any atom is 0.241 e. The zero-order valence-electron chi connectivity index (χ0n) is 14.5. The predicted octanol–water partition coefficient (Wildman–Crippen LogP) is 3.19. The van der Waals surface area contributed by atoms with Gasteiger partial charge in [0.2, 0.25) is 15.9 Å². The number of benzene rings is 2. The summed E-state index contributed by atoms with van der Waals surface area (Å²) in [5, 5.41) is 3.16. The number of ether oxygens (including phenoxy) is 1. The summed E-state index contributed by atoms with van der Waals surface area (Å²) in [7, 11) is -3.80. The quantitative estimate of drug-likeness (QED) is 0.717. The Bertz CT molecular complexity index is 834. The van der Waals surface area contributed by atoms with Crippen LogP contribution >= 0.6 is 11.6 Å². The van der Waals surface area contributed by atoms with E-state index in [2.05, 4.69) is 10.0 Å². The van der Waals surface area contributed by atoms with Crippen molar-refractivity contribution in [3.8, 4) is 5.75 Å². The molecule has 0 atom stereocenters. The summed E-state index contributed by atoms with van der Waals surface area (Å²) in [4.78, 5) is 11.9. The van der Waals surface area contributed by atoms with Crippen LogP contribution in [0.3, 0.4) is 0 Å². The van der Waals surface area contributed by atoms with Gasteiger partial charge >= 0.3 is 0 Å². The van der Waals surface area contributed by atoms with Gasteiger partial charge in [-0.25, -0.2) is 8.42 Å². The number of amides is 1. The number of carbonyl (C=O) groups excluding carboxylic acids is 1. The van der Waals surface area contributed by atoms with E-state index in [4.69, 9.17) is 16.3 Å². The predicted molar refractivity (Wildman–Crippen MR) is 103 cm³/mol. The standard InChI is InChI=1S/C18H21ClN2O4S/c1-13(2)25-17-9-7-16(8-10-17)21-26(23,24)12-18(22)20-11-14-3-5-15(19)6-4-14/h3-10,13,21H,11-12H2,1-2H3,(H,20,22). The number of hydrogen-bond donors (Lipinski definition) is 2. The molecule has 0 aliphatic rings. The van der Waals surface area contributed by atoms with Crippen LogP contribution in [0.15, 0.2) is 48.5 Å². The molecule has 2 N–H and O–H groups in total. The van der Waals surface area contributed by atoms with Crippen LogP contribution in [0.25, 0.3) is 0 Å². The fourth-order valence-electron chi connectivity index (χ4n) is 2.12. The minimum absolute atomic E-state index is 0.0295. The first kappa shape index (κ1) is 20.1. The maximum atomic E-state index is 12.1.